The smallest absolute Gasteiger partial charge is 0.283 e. The van der Waals surface area contributed by atoms with Crippen molar-refractivity contribution >= 4 is 29.4 Å². The van der Waals surface area contributed by atoms with Gasteiger partial charge in [-0.05, 0) is 29.3 Å². The lowest BCUT2D eigenvalue weighted by Gasteiger charge is -2.13. The summed E-state index contributed by atoms with van der Waals surface area (Å²) in [4.78, 5) is 17.4. The topological polar surface area (TPSA) is 68.5 Å². The maximum absolute atomic E-state index is 13.7. The van der Waals surface area contributed by atoms with Gasteiger partial charge >= 0.3 is 0 Å². The second-order valence-electron chi connectivity index (χ2n) is 6.31. The number of aryl methyl sites for hydroxylation is 1. The number of carbonyl (C=O) groups is 1. The molecule has 3 rings (SSSR count). The van der Waals surface area contributed by atoms with Gasteiger partial charge in [-0.15, -0.1) is 0 Å². The van der Waals surface area contributed by atoms with Gasteiger partial charge in [-0.1, -0.05) is 28.9 Å². The molecule has 0 fully saturated rings. The van der Waals surface area contributed by atoms with E-state index in [4.69, 9.17) is 11.6 Å². The van der Waals surface area contributed by atoms with E-state index in [2.05, 4.69) is 20.4 Å². The number of oxime groups is 1. The van der Waals surface area contributed by atoms with Gasteiger partial charge in [0.1, 0.15) is 35.2 Å². The van der Waals surface area contributed by atoms with Crippen molar-refractivity contribution in [3.05, 3.63) is 70.0 Å². The van der Waals surface area contributed by atoms with Gasteiger partial charge in [0.05, 0.1) is 6.21 Å². The van der Waals surface area contributed by atoms with Crippen molar-refractivity contribution in [1.82, 2.24) is 9.78 Å². The van der Waals surface area contributed by atoms with E-state index in [1.165, 1.54) is 32.5 Å². The monoisotopic (exact) mass is 454 g/mol. The molecule has 0 atom stereocenters. The first-order valence-corrected chi connectivity index (χ1v) is 9.08. The Kier molecular flexibility index (Phi) is 6.59. The molecule has 0 aliphatic carbocycles. The summed E-state index contributed by atoms with van der Waals surface area (Å²) in [6, 6.07) is 7.32. The number of amides is 1. The second-order valence-corrected chi connectivity index (χ2v) is 6.67. The molecule has 3 aromatic rings. The van der Waals surface area contributed by atoms with Crippen LogP contribution in [0.5, 0.6) is 0 Å². The van der Waals surface area contributed by atoms with Crippen LogP contribution in [-0.4, -0.2) is 29.0 Å². The van der Waals surface area contributed by atoms with Crippen molar-refractivity contribution in [2.45, 2.75) is 6.43 Å². The second kappa shape index (κ2) is 9.17. The van der Waals surface area contributed by atoms with E-state index in [0.29, 0.717) is 11.6 Å². The van der Waals surface area contributed by atoms with E-state index in [1.807, 2.05) is 0 Å². The normalized spacial score (nSPS) is 11.4. The number of halogens is 5. The molecule has 0 bridgehead atoms. The van der Waals surface area contributed by atoms with Crippen LogP contribution in [0.2, 0.25) is 5.15 Å². The molecule has 0 aliphatic rings. The van der Waals surface area contributed by atoms with E-state index in [9.17, 15) is 22.4 Å². The number of carbonyl (C=O) groups excluding carboxylic acids is 1. The Labute approximate surface area is 179 Å². The predicted molar refractivity (Wildman–Crippen MR) is 108 cm³/mol. The fraction of sp³-hybridized carbons (Fsp3) is 0.150. The van der Waals surface area contributed by atoms with Crippen LogP contribution in [-0.2, 0) is 11.9 Å². The molecule has 1 heterocycles. The first-order valence-electron chi connectivity index (χ1n) is 8.70. The molecule has 1 N–H and O–H groups in total. The summed E-state index contributed by atoms with van der Waals surface area (Å²) in [5.74, 6) is -2.62. The van der Waals surface area contributed by atoms with Gasteiger partial charge in [-0.25, -0.2) is 17.6 Å². The van der Waals surface area contributed by atoms with Gasteiger partial charge in [0.25, 0.3) is 12.3 Å². The lowest BCUT2D eigenvalue weighted by molar-refractivity contribution is 0.101. The average molecular weight is 455 g/mol. The van der Waals surface area contributed by atoms with E-state index >= 15 is 0 Å². The standard InChI is InChI=1S/C20H15ClF4N4O2/c1-29-18(21)16(17(28-29)19(24)25)20(30)27-15-5-10(9-26-31-2)3-4-14(15)11-6-12(22)8-13(23)7-11/h3-9,19H,1-2H3,(H,27,30). The molecular weight excluding hydrogens is 440 g/mol. The first-order chi connectivity index (χ1) is 14.7. The largest absolute Gasteiger partial charge is 0.399 e. The number of nitrogens with zero attached hydrogens (tertiary/aromatic N) is 3. The molecule has 1 amide bonds. The quantitative estimate of drug-likeness (QED) is 0.316. The third kappa shape index (κ3) is 4.85. The van der Waals surface area contributed by atoms with Crippen LogP contribution >= 0.6 is 11.6 Å². The van der Waals surface area contributed by atoms with Gasteiger partial charge in [0.2, 0.25) is 0 Å². The molecule has 0 radical (unpaired) electrons. The Morgan fingerprint density at radius 3 is 2.52 bits per heavy atom. The molecular formula is C20H15ClF4N4O2. The number of hydrogen-bond donors (Lipinski definition) is 1. The van der Waals surface area contributed by atoms with Gasteiger partial charge in [0.15, 0.2) is 0 Å². The highest BCUT2D eigenvalue weighted by Gasteiger charge is 2.28. The number of nitrogens with one attached hydrogen (secondary N) is 1. The Hall–Kier alpha value is -3.40. The van der Waals surface area contributed by atoms with Crippen LogP contribution in [0.4, 0.5) is 23.2 Å². The first kappa shape index (κ1) is 22.3. The van der Waals surface area contributed by atoms with Crippen molar-refractivity contribution in [3.63, 3.8) is 0 Å². The number of benzene rings is 2. The Bertz CT molecular complexity index is 1140. The van der Waals surface area contributed by atoms with E-state index in [-0.39, 0.29) is 22.0 Å². The zero-order valence-electron chi connectivity index (χ0n) is 16.2. The van der Waals surface area contributed by atoms with E-state index in [1.54, 1.807) is 6.07 Å². The molecule has 31 heavy (non-hydrogen) atoms. The molecule has 0 aliphatic heterocycles. The minimum absolute atomic E-state index is 0.0789. The summed E-state index contributed by atoms with van der Waals surface area (Å²) < 4.78 is 55.1. The van der Waals surface area contributed by atoms with Crippen molar-refractivity contribution in [1.29, 1.82) is 0 Å². The number of hydrogen-bond acceptors (Lipinski definition) is 4. The number of alkyl halides is 2. The highest BCUT2D eigenvalue weighted by atomic mass is 35.5. The third-order valence-corrected chi connectivity index (χ3v) is 4.64. The molecule has 11 heteroatoms. The Morgan fingerprint density at radius 2 is 1.90 bits per heavy atom. The Morgan fingerprint density at radius 1 is 1.23 bits per heavy atom. The molecule has 6 nitrogen and oxygen atoms in total. The van der Waals surface area contributed by atoms with Crippen LogP contribution in [0.25, 0.3) is 11.1 Å². The van der Waals surface area contributed by atoms with Crippen molar-refractivity contribution in [2.75, 3.05) is 12.4 Å². The SMILES string of the molecule is CON=Cc1ccc(-c2cc(F)cc(F)c2)c(NC(=O)c2c(C(F)F)nn(C)c2Cl)c1. The van der Waals surface area contributed by atoms with Crippen LogP contribution in [0, 0.1) is 11.6 Å². The summed E-state index contributed by atoms with van der Waals surface area (Å²) in [6.45, 7) is 0. The van der Waals surface area contributed by atoms with E-state index < -0.39 is 35.2 Å². The number of rotatable bonds is 6. The minimum atomic E-state index is -3.04. The molecule has 1 aromatic heterocycles. The van der Waals surface area contributed by atoms with Gasteiger partial charge in [-0.3, -0.25) is 9.48 Å². The zero-order valence-corrected chi connectivity index (χ0v) is 16.9. The molecule has 0 saturated carbocycles. The number of anilines is 1. The van der Waals surface area contributed by atoms with Crippen molar-refractivity contribution < 1.29 is 27.2 Å². The molecule has 162 valence electrons. The average Bonchev–Trinajstić information content (AvgIpc) is 3.00. The summed E-state index contributed by atoms with van der Waals surface area (Å²) in [5.41, 5.74) is -0.402. The fourth-order valence-corrected chi connectivity index (χ4v) is 3.11. The summed E-state index contributed by atoms with van der Waals surface area (Å²) >= 11 is 5.99. The summed E-state index contributed by atoms with van der Waals surface area (Å²) in [6.07, 6.45) is -1.72. The zero-order chi connectivity index (χ0) is 22.7. The van der Waals surface area contributed by atoms with Gasteiger partial charge < -0.3 is 10.2 Å². The van der Waals surface area contributed by atoms with Crippen LogP contribution in [0.15, 0.2) is 41.6 Å². The van der Waals surface area contributed by atoms with Gasteiger partial charge in [0, 0.05) is 24.4 Å². The van der Waals surface area contributed by atoms with Crippen molar-refractivity contribution in [2.24, 2.45) is 12.2 Å². The lowest BCUT2D eigenvalue weighted by Crippen LogP contribution is -2.15. The van der Waals surface area contributed by atoms with Crippen LogP contribution in [0.1, 0.15) is 28.0 Å². The van der Waals surface area contributed by atoms with E-state index in [0.717, 1.165) is 16.8 Å². The lowest BCUT2D eigenvalue weighted by atomic mass is 10.0. The fourth-order valence-electron chi connectivity index (χ4n) is 2.89. The maximum atomic E-state index is 13.7. The minimum Gasteiger partial charge on any atom is -0.399 e. The molecule has 0 saturated heterocycles. The molecule has 0 unspecified atom stereocenters. The Balaban J connectivity index is 2.10. The van der Waals surface area contributed by atoms with Crippen LogP contribution < -0.4 is 5.32 Å². The summed E-state index contributed by atoms with van der Waals surface area (Å²) in [5, 5.41) is 9.37. The summed E-state index contributed by atoms with van der Waals surface area (Å²) in [7, 11) is 2.65. The van der Waals surface area contributed by atoms with Gasteiger partial charge in [-0.2, -0.15) is 5.10 Å². The van der Waals surface area contributed by atoms with Crippen LogP contribution in [0.3, 0.4) is 0 Å². The maximum Gasteiger partial charge on any atom is 0.283 e. The molecule has 0 spiro atoms. The van der Waals surface area contributed by atoms with Crippen molar-refractivity contribution in [3.8, 4) is 11.1 Å². The number of aromatic nitrogens is 2. The highest BCUT2D eigenvalue weighted by Crippen LogP contribution is 2.33. The highest BCUT2D eigenvalue weighted by molar-refractivity contribution is 6.33. The predicted octanol–water partition coefficient (Wildman–Crippen LogP) is 5.19. The molecule has 2 aromatic carbocycles. The third-order valence-electron chi connectivity index (χ3n) is 4.21.